The molecule has 26 heavy (non-hydrogen) atoms. The molecule has 0 spiro atoms. The van der Waals surface area contributed by atoms with Crippen LogP contribution < -0.4 is 4.90 Å². The molecule has 3 nitrogen and oxygen atoms in total. The fourth-order valence-electron chi connectivity index (χ4n) is 3.04. The molecule has 1 aliphatic heterocycles. The second kappa shape index (κ2) is 7.19. The number of hydrogen-bond acceptors (Lipinski definition) is 2. The summed E-state index contributed by atoms with van der Waals surface area (Å²) in [5.74, 6) is -0.0662. The lowest BCUT2D eigenvalue weighted by atomic mass is 10.1. The first kappa shape index (κ1) is 18.6. The fourth-order valence-corrected chi connectivity index (χ4v) is 3.28. The van der Waals surface area contributed by atoms with E-state index in [2.05, 4.69) is 0 Å². The normalized spacial score (nSPS) is 15.3. The molecule has 0 saturated carbocycles. The molecule has 0 bridgehead atoms. The average molecular weight is 383 g/mol. The van der Waals surface area contributed by atoms with E-state index in [9.17, 15) is 18.0 Å². The minimum atomic E-state index is -4.41. The van der Waals surface area contributed by atoms with Gasteiger partial charge in [-0.1, -0.05) is 29.3 Å². The van der Waals surface area contributed by atoms with Crippen molar-refractivity contribution in [3.63, 3.8) is 0 Å². The van der Waals surface area contributed by atoms with E-state index in [1.165, 1.54) is 6.07 Å². The van der Waals surface area contributed by atoms with Crippen molar-refractivity contribution in [3.8, 4) is 0 Å². The molecule has 0 N–H and O–H groups in total. The monoisotopic (exact) mass is 382 g/mol. The SMILES string of the molecule is Cc1cccc(C(=O)N2CCN(c3cc(C(F)(F)F)ccc3Cl)CC2)c1. The predicted octanol–water partition coefficient (Wildman–Crippen LogP) is 4.63. The third-order valence-corrected chi connectivity index (χ3v) is 4.77. The molecule has 0 radical (unpaired) electrons. The molecule has 1 aliphatic rings. The van der Waals surface area contributed by atoms with Crippen LogP contribution in [-0.4, -0.2) is 37.0 Å². The van der Waals surface area contributed by atoms with Crippen LogP contribution in [0.1, 0.15) is 21.5 Å². The van der Waals surface area contributed by atoms with Crippen LogP contribution in [0.25, 0.3) is 0 Å². The van der Waals surface area contributed by atoms with Crippen molar-refractivity contribution in [1.29, 1.82) is 0 Å². The average Bonchev–Trinajstić information content (AvgIpc) is 2.61. The number of halogens is 4. The van der Waals surface area contributed by atoms with E-state index in [-0.39, 0.29) is 10.9 Å². The van der Waals surface area contributed by atoms with Gasteiger partial charge in [-0.2, -0.15) is 13.2 Å². The molecule has 1 heterocycles. The van der Waals surface area contributed by atoms with E-state index in [1.54, 1.807) is 15.9 Å². The molecule has 1 amide bonds. The van der Waals surface area contributed by atoms with Gasteiger partial charge in [-0.15, -0.1) is 0 Å². The molecular formula is C19H18ClF3N2O. The van der Waals surface area contributed by atoms with Crippen molar-refractivity contribution in [2.45, 2.75) is 13.1 Å². The van der Waals surface area contributed by atoms with Gasteiger partial charge >= 0.3 is 6.18 Å². The summed E-state index contributed by atoms with van der Waals surface area (Å²) in [5, 5.41) is 0.275. The Morgan fingerprint density at radius 3 is 2.35 bits per heavy atom. The van der Waals surface area contributed by atoms with Gasteiger partial charge in [0, 0.05) is 31.7 Å². The Balaban J connectivity index is 1.72. The number of nitrogens with zero attached hydrogens (tertiary/aromatic N) is 2. The van der Waals surface area contributed by atoms with Gasteiger partial charge in [0.2, 0.25) is 0 Å². The number of carbonyl (C=O) groups is 1. The fraction of sp³-hybridized carbons (Fsp3) is 0.316. The Hall–Kier alpha value is -2.21. The lowest BCUT2D eigenvalue weighted by Crippen LogP contribution is -2.49. The van der Waals surface area contributed by atoms with Gasteiger partial charge in [0.05, 0.1) is 16.3 Å². The topological polar surface area (TPSA) is 23.6 Å². The van der Waals surface area contributed by atoms with Gasteiger partial charge < -0.3 is 9.80 Å². The largest absolute Gasteiger partial charge is 0.416 e. The Morgan fingerprint density at radius 1 is 1.04 bits per heavy atom. The summed E-state index contributed by atoms with van der Waals surface area (Å²) >= 11 is 6.10. The van der Waals surface area contributed by atoms with E-state index in [0.717, 1.165) is 17.7 Å². The quantitative estimate of drug-likeness (QED) is 0.756. The second-order valence-electron chi connectivity index (χ2n) is 6.31. The van der Waals surface area contributed by atoms with Crippen molar-refractivity contribution in [3.05, 3.63) is 64.2 Å². The highest BCUT2D eigenvalue weighted by Crippen LogP contribution is 2.35. The number of alkyl halides is 3. The summed E-state index contributed by atoms with van der Waals surface area (Å²) in [6, 6.07) is 10.7. The van der Waals surface area contributed by atoms with E-state index in [0.29, 0.717) is 37.4 Å². The van der Waals surface area contributed by atoms with Gasteiger partial charge in [-0.05, 0) is 37.3 Å². The van der Waals surface area contributed by atoms with E-state index in [4.69, 9.17) is 11.6 Å². The number of rotatable bonds is 2. The zero-order chi connectivity index (χ0) is 18.9. The molecule has 138 valence electrons. The van der Waals surface area contributed by atoms with Crippen LogP contribution in [-0.2, 0) is 6.18 Å². The molecule has 3 rings (SSSR count). The van der Waals surface area contributed by atoms with Crippen LogP contribution in [0.15, 0.2) is 42.5 Å². The number of anilines is 1. The van der Waals surface area contributed by atoms with Crippen LogP contribution in [0.5, 0.6) is 0 Å². The van der Waals surface area contributed by atoms with Crippen molar-refractivity contribution >= 4 is 23.2 Å². The summed E-state index contributed by atoms with van der Waals surface area (Å²) < 4.78 is 38.8. The van der Waals surface area contributed by atoms with Gasteiger partial charge in [-0.25, -0.2) is 0 Å². The maximum Gasteiger partial charge on any atom is 0.416 e. The van der Waals surface area contributed by atoms with Gasteiger partial charge in [0.25, 0.3) is 5.91 Å². The Labute approximate surface area is 155 Å². The highest BCUT2D eigenvalue weighted by molar-refractivity contribution is 6.33. The standard InChI is InChI=1S/C19H18ClF3N2O/c1-13-3-2-4-14(11-13)18(26)25-9-7-24(8-10-25)17-12-15(19(21,22)23)5-6-16(17)20/h2-6,11-12H,7-10H2,1H3. The minimum Gasteiger partial charge on any atom is -0.367 e. The molecule has 2 aromatic carbocycles. The van der Waals surface area contributed by atoms with Crippen molar-refractivity contribution in [2.75, 3.05) is 31.1 Å². The number of aryl methyl sites for hydroxylation is 1. The molecular weight excluding hydrogens is 365 g/mol. The highest BCUT2D eigenvalue weighted by atomic mass is 35.5. The first-order valence-corrected chi connectivity index (χ1v) is 8.61. The Bertz CT molecular complexity index is 815. The molecule has 7 heteroatoms. The summed E-state index contributed by atoms with van der Waals surface area (Å²) in [7, 11) is 0. The third-order valence-electron chi connectivity index (χ3n) is 4.45. The zero-order valence-electron chi connectivity index (χ0n) is 14.2. The van der Waals surface area contributed by atoms with Crippen LogP contribution in [0.2, 0.25) is 5.02 Å². The summed E-state index contributed by atoms with van der Waals surface area (Å²) in [5.41, 5.74) is 1.25. The number of carbonyl (C=O) groups excluding carboxylic acids is 1. The minimum absolute atomic E-state index is 0.0662. The smallest absolute Gasteiger partial charge is 0.367 e. The van der Waals surface area contributed by atoms with Crippen molar-refractivity contribution in [2.24, 2.45) is 0 Å². The van der Waals surface area contributed by atoms with Gasteiger partial charge in [0.1, 0.15) is 0 Å². The summed E-state index contributed by atoms with van der Waals surface area (Å²) in [6.45, 7) is 3.64. The zero-order valence-corrected chi connectivity index (χ0v) is 14.9. The Morgan fingerprint density at radius 2 is 1.73 bits per heavy atom. The second-order valence-corrected chi connectivity index (χ2v) is 6.72. The molecule has 2 aromatic rings. The summed E-state index contributed by atoms with van der Waals surface area (Å²) in [4.78, 5) is 16.1. The van der Waals surface area contributed by atoms with E-state index in [1.807, 2.05) is 25.1 Å². The highest BCUT2D eigenvalue weighted by Gasteiger charge is 2.32. The van der Waals surface area contributed by atoms with Crippen molar-refractivity contribution in [1.82, 2.24) is 4.90 Å². The van der Waals surface area contributed by atoms with Crippen LogP contribution in [0, 0.1) is 6.92 Å². The number of piperazine rings is 1. The molecule has 0 unspecified atom stereocenters. The molecule has 0 atom stereocenters. The van der Waals surface area contributed by atoms with Crippen LogP contribution in [0.4, 0.5) is 18.9 Å². The lowest BCUT2D eigenvalue weighted by Gasteiger charge is -2.36. The first-order valence-electron chi connectivity index (χ1n) is 8.23. The lowest BCUT2D eigenvalue weighted by molar-refractivity contribution is -0.137. The van der Waals surface area contributed by atoms with E-state index < -0.39 is 11.7 Å². The molecule has 1 saturated heterocycles. The van der Waals surface area contributed by atoms with Crippen LogP contribution >= 0.6 is 11.6 Å². The van der Waals surface area contributed by atoms with Gasteiger partial charge in [-0.3, -0.25) is 4.79 Å². The van der Waals surface area contributed by atoms with Crippen molar-refractivity contribution < 1.29 is 18.0 Å². The first-order chi connectivity index (χ1) is 12.3. The number of amides is 1. The maximum absolute atomic E-state index is 12.9. The number of hydrogen-bond donors (Lipinski definition) is 0. The molecule has 0 aromatic heterocycles. The predicted molar refractivity (Wildman–Crippen MR) is 95.7 cm³/mol. The third kappa shape index (κ3) is 3.96. The van der Waals surface area contributed by atoms with Crippen LogP contribution in [0.3, 0.4) is 0 Å². The van der Waals surface area contributed by atoms with E-state index >= 15 is 0 Å². The van der Waals surface area contributed by atoms with Gasteiger partial charge in [0.15, 0.2) is 0 Å². The Kier molecular flexibility index (Phi) is 5.14. The molecule has 1 fully saturated rings. The molecule has 0 aliphatic carbocycles. The maximum atomic E-state index is 12.9. The number of benzene rings is 2. The summed E-state index contributed by atoms with van der Waals surface area (Å²) in [6.07, 6.45) is -4.41.